The molecule has 120 valence electrons. The van der Waals surface area contributed by atoms with E-state index in [1.165, 1.54) is 17.0 Å². The Bertz CT molecular complexity index is 763. The summed E-state index contributed by atoms with van der Waals surface area (Å²) in [6.07, 6.45) is -4.48. The van der Waals surface area contributed by atoms with Crippen LogP contribution in [-0.2, 0) is 6.18 Å². The first-order valence-electron chi connectivity index (χ1n) is 6.78. The molecule has 1 aliphatic heterocycles. The van der Waals surface area contributed by atoms with Crippen LogP contribution in [0.5, 0.6) is 0 Å². The van der Waals surface area contributed by atoms with Crippen molar-refractivity contribution in [2.24, 2.45) is 0 Å². The van der Waals surface area contributed by atoms with Gasteiger partial charge in [0.1, 0.15) is 0 Å². The third-order valence-corrected chi connectivity index (χ3v) is 4.74. The Hall–Kier alpha value is -1.66. The molecular weight excluding hydrogens is 347 g/mol. The number of hydrogen-bond donors (Lipinski definition) is 0. The summed E-state index contributed by atoms with van der Waals surface area (Å²) in [5.74, 6) is 0.221. The Labute approximate surface area is 140 Å². The number of rotatable bonds is 1. The Morgan fingerprint density at radius 3 is 2.70 bits per heavy atom. The van der Waals surface area contributed by atoms with Gasteiger partial charge in [-0.15, -0.1) is 11.8 Å². The molecule has 0 fully saturated rings. The van der Waals surface area contributed by atoms with E-state index in [0.29, 0.717) is 23.0 Å². The van der Waals surface area contributed by atoms with Crippen LogP contribution in [-0.4, -0.2) is 18.2 Å². The van der Waals surface area contributed by atoms with Crippen molar-refractivity contribution >= 4 is 35.0 Å². The molecule has 2 aromatic carbocycles. The average Bonchev–Trinajstić information content (AvgIpc) is 2.53. The predicted molar refractivity (Wildman–Crippen MR) is 85.3 cm³/mol. The Morgan fingerprint density at radius 1 is 1.17 bits per heavy atom. The zero-order valence-electron chi connectivity index (χ0n) is 11.7. The van der Waals surface area contributed by atoms with Crippen LogP contribution >= 0.6 is 23.4 Å². The molecule has 0 N–H and O–H groups in total. The van der Waals surface area contributed by atoms with Crippen LogP contribution in [0.25, 0.3) is 0 Å². The van der Waals surface area contributed by atoms with Crippen LogP contribution in [0, 0.1) is 0 Å². The monoisotopic (exact) mass is 357 g/mol. The van der Waals surface area contributed by atoms with Crippen molar-refractivity contribution in [3.05, 3.63) is 58.6 Å². The molecule has 0 radical (unpaired) electrons. The third kappa shape index (κ3) is 3.33. The highest BCUT2D eigenvalue weighted by molar-refractivity contribution is 7.99. The summed E-state index contributed by atoms with van der Waals surface area (Å²) in [5.41, 5.74) is -0.185. The molecule has 2 nitrogen and oxygen atoms in total. The standard InChI is InChI=1S/C16H11ClF3NOS/c17-12-4-5-14-13(9-12)21(6-7-23-14)15(22)10-2-1-3-11(8-10)16(18,19)20/h1-5,8-9H,6-7H2. The predicted octanol–water partition coefficient (Wildman–Crippen LogP) is 5.11. The highest BCUT2D eigenvalue weighted by Crippen LogP contribution is 2.37. The van der Waals surface area contributed by atoms with E-state index >= 15 is 0 Å². The van der Waals surface area contributed by atoms with E-state index < -0.39 is 17.6 Å². The molecule has 0 unspecified atom stereocenters. The van der Waals surface area contributed by atoms with Gasteiger partial charge in [0.05, 0.1) is 11.3 Å². The summed E-state index contributed by atoms with van der Waals surface area (Å²) in [6.45, 7) is 0.424. The summed E-state index contributed by atoms with van der Waals surface area (Å²) in [7, 11) is 0. The summed E-state index contributed by atoms with van der Waals surface area (Å²) in [4.78, 5) is 15.0. The lowest BCUT2D eigenvalue weighted by Crippen LogP contribution is -2.35. The molecule has 7 heteroatoms. The van der Waals surface area contributed by atoms with Gasteiger partial charge in [-0.05, 0) is 36.4 Å². The quantitative estimate of drug-likeness (QED) is 0.706. The molecule has 2 aromatic rings. The van der Waals surface area contributed by atoms with Crippen molar-refractivity contribution < 1.29 is 18.0 Å². The van der Waals surface area contributed by atoms with Crippen molar-refractivity contribution in [1.82, 2.24) is 0 Å². The molecule has 1 aliphatic rings. The highest BCUT2D eigenvalue weighted by Gasteiger charge is 2.32. The SMILES string of the molecule is O=C(c1cccc(C(F)(F)F)c1)N1CCSc2ccc(Cl)cc21. The Balaban J connectivity index is 1.98. The first-order valence-corrected chi connectivity index (χ1v) is 8.14. The number of halogens is 4. The third-order valence-electron chi connectivity index (χ3n) is 3.47. The van der Waals surface area contributed by atoms with E-state index in [4.69, 9.17) is 11.6 Å². The number of amides is 1. The smallest absolute Gasteiger partial charge is 0.306 e. The number of carbonyl (C=O) groups is 1. The molecule has 3 rings (SSSR count). The van der Waals surface area contributed by atoms with Gasteiger partial charge >= 0.3 is 6.18 Å². The van der Waals surface area contributed by atoms with E-state index in [1.54, 1.807) is 23.9 Å². The van der Waals surface area contributed by atoms with Crippen molar-refractivity contribution in [1.29, 1.82) is 0 Å². The van der Waals surface area contributed by atoms with Crippen LogP contribution in [0.15, 0.2) is 47.4 Å². The minimum atomic E-state index is -4.48. The number of alkyl halides is 3. The molecule has 0 atom stereocenters. The normalized spacial score (nSPS) is 14.5. The van der Waals surface area contributed by atoms with Gasteiger partial charge in [-0.1, -0.05) is 17.7 Å². The first kappa shape index (κ1) is 16.2. The van der Waals surface area contributed by atoms with Crippen molar-refractivity contribution in [2.45, 2.75) is 11.1 Å². The number of hydrogen-bond acceptors (Lipinski definition) is 2. The maximum absolute atomic E-state index is 12.8. The van der Waals surface area contributed by atoms with Gasteiger partial charge in [0.15, 0.2) is 0 Å². The zero-order valence-corrected chi connectivity index (χ0v) is 13.3. The molecule has 1 heterocycles. The second-order valence-corrected chi connectivity index (χ2v) is 6.57. The number of carbonyl (C=O) groups excluding carboxylic acids is 1. The van der Waals surface area contributed by atoms with Gasteiger partial charge in [-0.3, -0.25) is 4.79 Å². The molecule has 0 spiro atoms. The van der Waals surface area contributed by atoms with Gasteiger partial charge in [-0.2, -0.15) is 13.2 Å². The fourth-order valence-corrected chi connectivity index (χ4v) is 3.53. The van der Waals surface area contributed by atoms with Gasteiger partial charge in [-0.25, -0.2) is 0 Å². The molecule has 1 amide bonds. The van der Waals surface area contributed by atoms with E-state index in [1.807, 2.05) is 6.07 Å². The number of benzene rings is 2. The first-order chi connectivity index (χ1) is 10.9. The molecule has 0 saturated heterocycles. The average molecular weight is 358 g/mol. The van der Waals surface area contributed by atoms with E-state index in [-0.39, 0.29) is 5.56 Å². The van der Waals surface area contributed by atoms with Crippen LogP contribution < -0.4 is 4.90 Å². The molecule has 0 bridgehead atoms. The highest BCUT2D eigenvalue weighted by atomic mass is 35.5. The number of thioether (sulfide) groups is 1. The topological polar surface area (TPSA) is 20.3 Å². The molecular formula is C16H11ClF3NOS. The van der Waals surface area contributed by atoms with Crippen LogP contribution in [0.2, 0.25) is 5.02 Å². The lowest BCUT2D eigenvalue weighted by Gasteiger charge is -2.29. The minimum absolute atomic E-state index is 0.0117. The van der Waals surface area contributed by atoms with Crippen molar-refractivity contribution in [3.63, 3.8) is 0 Å². The number of anilines is 1. The molecule has 23 heavy (non-hydrogen) atoms. The van der Waals surface area contributed by atoms with Gasteiger partial charge in [0, 0.05) is 27.8 Å². The van der Waals surface area contributed by atoms with Gasteiger partial charge in [0.25, 0.3) is 5.91 Å². The largest absolute Gasteiger partial charge is 0.416 e. The van der Waals surface area contributed by atoms with E-state index in [0.717, 1.165) is 17.0 Å². The fraction of sp³-hybridized carbons (Fsp3) is 0.188. The van der Waals surface area contributed by atoms with Crippen LogP contribution in [0.3, 0.4) is 0 Å². The number of nitrogens with zero attached hydrogens (tertiary/aromatic N) is 1. The summed E-state index contributed by atoms with van der Waals surface area (Å²) in [6, 6.07) is 9.67. The van der Waals surface area contributed by atoms with E-state index in [9.17, 15) is 18.0 Å². The maximum Gasteiger partial charge on any atom is 0.416 e. The van der Waals surface area contributed by atoms with Gasteiger partial charge in [0.2, 0.25) is 0 Å². The second-order valence-electron chi connectivity index (χ2n) is 5.00. The second kappa shape index (κ2) is 6.09. The minimum Gasteiger partial charge on any atom is -0.306 e. The van der Waals surface area contributed by atoms with Crippen LogP contribution in [0.4, 0.5) is 18.9 Å². The maximum atomic E-state index is 12.8. The Morgan fingerprint density at radius 2 is 1.96 bits per heavy atom. The lowest BCUT2D eigenvalue weighted by molar-refractivity contribution is -0.137. The number of fused-ring (bicyclic) bond motifs is 1. The molecule has 0 aromatic heterocycles. The Kier molecular flexibility index (Phi) is 4.29. The van der Waals surface area contributed by atoms with E-state index in [2.05, 4.69) is 0 Å². The molecule has 0 saturated carbocycles. The van der Waals surface area contributed by atoms with Crippen LogP contribution in [0.1, 0.15) is 15.9 Å². The molecule has 0 aliphatic carbocycles. The summed E-state index contributed by atoms with van der Waals surface area (Å²) >= 11 is 7.57. The van der Waals surface area contributed by atoms with Gasteiger partial charge < -0.3 is 4.90 Å². The fourth-order valence-electron chi connectivity index (χ4n) is 2.39. The summed E-state index contributed by atoms with van der Waals surface area (Å²) < 4.78 is 38.5. The zero-order chi connectivity index (χ0) is 16.6. The van der Waals surface area contributed by atoms with Crippen molar-refractivity contribution in [2.75, 3.05) is 17.2 Å². The summed E-state index contributed by atoms with van der Waals surface area (Å²) in [5, 5.41) is 0.480. The van der Waals surface area contributed by atoms with Crippen molar-refractivity contribution in [3.8, 4) is 0 Å². The lowest BCUT2D eigenvalue weighted by atomic mass is 10.1.